The summed E-state index contributed by atoms with van der Waals surface area (Å²) in [6, 6.07) is 0. The molecule has 0 unspecified atom stereocenters. The summed E-state index contributed by atoms with van der Waals surface area (Å²) in [4.78, 5) is 0. The predicted molar refractivity (Wildman–Crippen MR) is 58.6 cm³/mol. The van der Waals surface area contributed by atoms with Crippen LogP contribution in [0.2, 0.25) is 0 Å². The van der Waals surface area contributed by atoms with Crippen LogP contribution in [0.1, 0.15) is 26.7 Å². The average molecular weight is 208 g/mol. The van der Waals surface area contributed by atoms with Crippen LogP contribution in [0, 0.1) is 17.3 Å². The van der Waals surface area contributed by atoms with E-state index in [2.05, 4.69) is 19.9 Å². The maximum atomic E-state index is 5.69. The zero-order chi connectivity index (χ0) is 10.5. The van der Waals surface area contributed by atoms with Crippen molar-refractivity contribution < 1.29 is 9.47 Å². The number of epoxide rings is 1. The van der Waals surface area contributed by atoms with E-state index in [4.69, 9.17) is 9.47 Å². The van der Waals surface area contributed by atoms with E-state index in [1.54, 1.807) is 5.57 Å². The van der Waals surface area contributed by atoms with E-state index < -0.39 is 0 Å². The third kappa shape index (κ3) is 1.64. The summed E-state index contributed by atoms with van der Waals surface area (Å²) in [5, 5.41) is 0. The van der Waals surface area contributed by atoms with Gasteiger partial charge in [-0.3, -0.25) is 0 Å². The molecule has 0 aromatic carbocycles. The van der Waals surface area contributed by atoms with E-state index >= 15 is 0 Å². The van der Waals surface area contributed by atoms with Crippen LogP contribution < -0.4 is 0 Å². The van der Waals surface area contributed by atoms with Gasteiger partial charge in [-0.1, -0.05) is 19.9 Å². The molecule has 2 fully saturated rings. The van der Waals surface area contributed by atoms with Crippen LogP contribution in [0.25, 0.3) is 0 Å². The first-order valence-corrected chi connectivity index (χ1v) is 6.06. The summed E-state index contributed by atoms with van der Waals surface area (Å²) in [5.74, 6) is 1.72. The summed E-state index contributed by atoms with van der Waals surface area (Å²) in [6.45, 7) is 7.33. The molecule has 4 rings (SSSR count). The van der Waals surface area contributed by atoms with Gasteiger partial charge < -0.3 is 9.47 Å². The molecule has 1 heterocycles. The van der Waals surface area contributed by atoms with E-state index in [0.717, 1.165) is 31.7 Å². The van der Waals surface area contributed by atoms with E-state index in [9.17, 15) is 0 Å². The van der Waals surface area contributed by atoms with Crippen LogP contribution in [0.4, 0.5) is 0 Å². The van der Waals surface area contributed by atoms with Gasteiger partial charge in [-0.2, -0.15) is 0 Å². The van der Waals surface area contributed by atoms with E-state index in [0.29, 0.717) is 11.5 Å². The fraction of sp³-hybridized carbons (Fsp3) is 0.846. The molecule has 1 aliphatic heterocycles. The molecule has 0 aromatic rings. The van der Waals surface area contributed by atoms with Crippen LogP contribution >= 0.6 is 0 Å². The Kier molecular flexibility index (Phi) is 2.18. The van der Waals surface area contributed by atoms with Crippen molar-refractivity contribution in [1.29, 1.82) is 0 Å². The quantitative estimate of drug-likeness (QED) is 0.522. The van der Waals surface area contributed by atoms with Crippen LogP contribution in [-0.2, 0) is 9.47 Å². The van der Waals surface area contributed by atoms with Crippen molar-refractivity contribution in [1.82, 2.24) is 0 Å². The second-order valence-electron chi connectivity index (χ2n) is 5.79. The lowest BCUT2D eigenvalue weighted by atomic mass is 9.49. The van der Waals surface area contributed by atoms with Crippen LogP contribution in [0.5, 0.6) is 0 Å². The summed E-state index contributed by atoms with van der Waals surface area (Å²) in [5.41, 5.74) is 2.08. The maximum absolute atomic E-state index is 5.69. The monoisotopic (exact) mass is 208 g/mol. The number of hydrogen-bond acceptors (Lipinski definition) is 2. The van der Waals surface area contributed by atoms with Crippen molar-refractivity contribution >= 4 is 0 Å². The second kappa shape index (κ2) is 3.33. The van der Waals surface area contributed by atoms with Crippen molar-refractivity contribution in [2.24, 2.45) is 17.3 Å². The standard InChI is InChI=1S/C13H20O2/c1-13(2)10-4-3-9(12(13)5-10)6-14-7-11-8-15-11/h3,10-12H,4-8H2,1-2H3/t10-,11-,12+/m0/s1. The van der Waals surface area contributed by atoms with Gasteiger partial charge in [0, 0.05) is 0 Å². The minimum absolute atomic E-state index is 0.399. The summed E-state index contributed by atoms with van der Waals surface area (Å²) in [6.07, 6.45) is 5.47. The smallest absolute Gasteiger partial charge is 0.104 e. The molecule has 0 N–H and O–H groups in total. The lowest BCUT2D eigenvalue weighted by molar-refractivity contribution is -0.0180. The van der Waals surface area contributed by atoms with Gasteiger partial charge in [-0.05, 0) is 35.7 Å². The molecule has 2 nitrogen and oxygen atoms in total. The highest BCUT2D eigenvalue weighted by atomic mass is 16.6. The van der Waals surface area contributed by atoms with Gasteiger partial charge in [-0.25, -0.2) is 0 Å². The Morgan fingerprint density at radius 2 is 2.33 bits per heavy atom. The minimum atomic E-state index is 0.399. The number of rotatable bonds is 4. The van der Waals surface area contributed by atoms with Crippen molar-refractivity contribution in [3.63, 3.8) is 0 Å². The number of fused-ring (bicyclic) bond motifs is 1. The molecule has 0 amide bonds. The third-order valence-corrected chi connectivity index (χ3v) is 4.56. The molecule has 2 heteroatoms. The highest BCUT2D eigenvalue weighted by Crippen LogP contribution is 2.59. The van der Waals surface area contributed by atoms with Gasteiger partial charge in [0.25, 0.3) is 0 Å². The summed E-state index contributed by atoms with van der Waals surface area (Å²) in [7, 11) is 0. The minimum Gasteiger partial charge on any atom is -0.374 e. The van der Waals surface area contributed by atoms with Crippen LogP contribution in [0.15, 0.2) is 11.6 Å². The van der Waals surface area contributed by atoms with Gasteiger partial charge in [0.05, 0.1) is 19.8 Å². The molecule has 0 radical (unpaired) electrons. The Labute approximate surface area is 91.6 Å². The molecule has 1 saturated heterocycles. The van der Waals surface area contributed by atoms with Gasteiger partial charge >= 0.3 is 0 Å². The average Bonchev–Trinajstić information content (AvgIpc) is 3.02. The van der Waals surface area contributed by atoms with Crippen molar-refractivity contribution in [3.05, 3.63) is 11.6 Å². The van der Waals surface area contributed by atoms with Crippen molar-refractivity contribution in [3.8, 4) is 0 Å². The predicted octanol–water partition coefficient (Wildman–Crippen LogP) is 2.39. The summed E-state index contributed by atoms with van der Waals surface area (Å²) < 4.78 is 10.8. The molecular weight excluding hydrogens is 188 g/mol. The van der Waals surface area contributed by atoms with Gasteiger partial charge in [-0.15, -0.1) is 0 Å². The topological polar surface area (TPSA) is 21.8 Å². The number of hydrogen-bond donors (Lipinski definition) is 0. The highest BCUT2D eigenvalue weighted by molar-refractivity contribution is 5.23. The van der Waals surface area contributed by atoms with Gasteiger partial charge in [0.1, 0.15) is 6.10 Å². The third-order valence-electron chi connectivity index (χ3n) is 4.56. The van der Waals surface area contributed by atoms with Crippen LogP contribution in [-0.4, -0.2) is 25.9 Å². The second-order valence-corrected chi connectivity index (χ2v) is 5.79. The molecule has 4 aliphatic rings. The number of allylic oxidation sites excluding steroid dienone is 1. The first-order valence-electron chi connectivity index (χ1n) is 6.06. The molecular formula is C13H20O2. The van der Waals surface area contributed by atoms with E-state index in [1.807, 2.05) is 0 Å². The first kappa shape index (κ1) is 9.86. The lowest BCUT2D eigenvalue weighted by Gasteiger charge is -2.56. The highest BCUT2D eigenvalue weighted by Gasteiger charge is 2.50. The maximum Gasteiger partial charge on any atom is 0.104 e. The Bertz CT molecular complexity index is 289. The molecule has 15 heavy (non-hydrogen) atoms. The molecule has 0 spiro atoms. The van der Waals surface area contributed by atoms with Crippen LogP contribution in [0.3, 0.4) is 0 Å². The SMILES string of the molecule is CC1(C)[C@H]2CC=C(COC[C@H]3CO3)[C@H]1C2. The molecule has 1 saturated carbocycles. The zero-order valence-corrected chi connectivity index (χ0v) is 9.66. The fourth-order valence-corrected chi connectivity index (χ4v) is 3.11. The van der Waals surface area contributed by atoms with Gasteiger partial charge in [0.2, 0.25) is 0 Å². The summed E-state index contributed by atoms with van der Waals surface area (Å²) >= 11 is 0. The van der Waals surface area contributed by atoms with E-state index in [-0.39, 0.29) is 0 Å². The molecule has 2 bridgehead atoms. The number of ether oxygens (including phenoxy) is 2. The molecule has 3 atom stereocenters. The zero-order valence-electron chi connectivity index (χ0n) is 9.66. The van der Waals surface area contributed by atoms with E-state index in [1.165, 1.54) is 12.8 Å². The Balaban J connectivity index is 1.54. The fourth-order valence-electron chi connectivity index (χ4n) is 3.11. The van der Waals surface area contributed by atoms with Crippen molar-refractivity contribution in [2.45, 2.75) is 32.8 Å². The van der Waals surface area contributed by atoms with Crippen molar-refractivity contribution in [2.75, 3.05) is 19.8 Å². The largest absolute Gasteiger partial charge is 0.374 e. The Morgan fingerprint density at radius 1 is 1.53 bits per heavy atom. The van der Waals surface area contributed by atoms with Gasteiger partial charge in [0.15, 0.2) is 0 Å². The molecule has 0 aromatic heterocycles. The first-order chi connectivity index (χ1) is 7.18. The lowest BCUT2D eigenvalue weighted by Crippen LogP contribution is -2.48. The molecule has 84 valence electrons. The Hall–Kier alpha value is -0.340. The molecule has 3 aliphatic carbocycles. The normalized spacial score (nSPS) is 40.7. The Morgan fingerprint density at radius 3 is 2.93 bits per heavy atom.